The van der Waals surface area contributed by atoms with E-state index in [0.717, 1.165) is 6.26 Å². The SMILES string of the molecule is CC[C@@H](C)N(Cc1cccc(OS(C)(=O)=O)c1)C(=O)Nc1ccccc1F. The molecule has 0 heterocycles. The van der Waals surface area contributed by atoms with Crippen LogP contribution < -0.4 is 9.50 Å². The number of anilines is 1. The fourth-order valence-electron chi connectivity index (χ4n) is 2.46. The molecule has 0 bridgehead atoms. The molecule has 0 aliphatic carbocycles. The number of urea groups is 1. The van der Waals surface area contributed by atoms with Crippen molar-refractivity contribution in [3.05, 3.63) is 59.9 Å². The summed E-state index contributed by atoms with van der Waals surface area (Å²) in [6.45, 7) is 4.05. The lowest BCUT2D eigenvalue weighted by Crippen LogP contribution is -2.40. The molecule has 0 unspecified atom stereocenters. The number of carbonyl (C=O) groups excluding carboxylic acids is 1. The molecule has 6 nitrogen and oxygen atoms in total. The Bertz CT molecular complexity index is 902. The van der Waals surface area contributed by atoms with Gasteiger partial charge in [-0.2, -0.15) is 8.42 Å². The van der Waals surface area contributed by atoms with Crippen LogP contribution in [0.3, 0.4) is 0 Å². The van der Waals surface area contributed by atoms with E-state index in [1.807, 2.05) is 13.8 Å². The summed E-state index contributed by atoms with van der Waals surface area (Å²) in [5.74, 6) is -0.341. The Hall–Kier alpha value is -2.61. The van der Waals surface area contributed by atoms with Crippen LogP contribution in [0.2, 0.25) is 0 Å². The van der Waals surface area contributed by atoms with Gasteiger partial charge in [0.2, 0.25) is 0 Å². The van der Waals surface area contributed by atoms with Crippen LogP contribution in [-0.2, 0) is 16.7 Å². The van der Waals surface area contributed by atoms with Crippen molar-refractivity contribution in [2.45, 2.75) is 32.9 Å². The van der Waals surface area contributed by atoms with Gasteiger partial charge in [0.1, 0.15) is 11.6 Å². The summed E-state index contributed by atoms with van der Waals surface area (Å²) in [5.41, 5.74) is 0.796. The molecule has 8 heteroatoms. The molecule has 0 fully saturated rings. The third-order valence-electron chi connectivity index (χ3n) is 4.00. The number of hydrogen-bond donors (Lipinski definition) is 1. The van der Waals surface area contributed by atoms with Gasteiger partial charge in [0.15, 0.2) is 0 Å². The second kappa shape index (κ2) is 8.85. The lowest BCUT2D eigenvalue weighted by atomic mass is 10.1. The molecule has 27 heavy (non-hydrogen) atoms. The zero-order valence-corrected chi connectivity index (χ0v) is 16.3. The highest BCUT2D eigenvalue weighted by atomic mass is 32.2. The van der Waals surface area contributed by atoms with Crippen LogP contribution in [0.4, 0.5) is 14.9 Å². The Morgan fingerprint density at radius 1 is 1.22 bits per heavy atom. The quantitative estimate of drug-likeness (QED) is 0.721. The van der Waals surface area contributed by atoms with E-state index >= 15 is 0 Å². The fraction of sp³-hybridized carbons (Fsp3) is 0.316. The van der Waals surface area contributed by atoms with Gasteiger partial charge < -0.3 is 14.4 Å². The molecule has 2 aromatic carbocycles. The molecule has 146 valence electrons. The number of nitrogens with zero attached hydrogens (tertiary/aromatic N) is 1. The minimum Gasteiger partial charge on any atom is -0.383 e. The summed E-state index contributed by atoms with van der Waals surface area (Å²) in [6, 6.07) is 11.9. The molecule has 0 radical (unpaired) electrons. The summed E-state index contributed by atoms with van der Waals surface area (Å²) in [4.78, 5) is 14.3. The first-order valence-corrected chi connectivity index (χ1v) is 10.3. The topological polar surface area (TPSA) is 75.7 Å². The molecule has 0 aliphatic heterocycles. The molecule has 0 saturated carbocycles. The average molecular weight is 394 g/mol. The summed E-state index contributed by atoms with van der Waals surface area (Å²) in [6.07, 6.45) is 1.66. The highest BCUT2D eigenvalue weighted by Gasteiger charge is 2.20. The predicted octanol–water partition coefficient (Wildman–Crippen LogP) is 4.00. The second-order valence-electron chi connectivity index (χ2n) is 6.23. The average Bonchev–Trinajstić information content (AvgIpc) is 2.59. The molecular formula is C19H23FN2O4S. The number of hydrogen-bond acceptors (Lipinski definition) is 4. The Morgan fingerprint density at radius 2 is 1.93 bits per heavy atom. The van der Waals surface area contributed by atoms with Gasteiger partial charge in [-0.05, 0) is 43.2 Å². The van der Waals surface area contributed by atoms with Gasteiger partial charge in [-0.25, -0.2) is 9.18 Å². The standard InChI is InChI=1S/C19H23FN2O4S/c1-4-14(2)22(19(23)21-18-11-6-5-10-17(18)20)13-15-8-7-9-16(12-15)26-27(3,24)25/h5-12,14H,4,13H2,1-3H3,(H,21,23)/t14-/m1/s1. The van der Waals surface area contributed by atoms with Crippen LogP contribution >= 0.6 is 0 Å². The number of carbonyl (C=O) groups is 1. The van der Waals surface area contributed by atoms with Gasteiger partial charge in [0.05, 0.1) is 11.9 Å². The molecule has 0 saturated heterocycles. The Balaban J connectivity index is 2.21. The molecule has 0 aromatic heterocycles. The summed E-state index contributed by atoms with van der Waals surface area (Å²) >= 11 is 0. The normalized spacial score (nSPS) is 12.3. The molecule has 0 spiro atoms. The number of halogens is 1. The van der Waals surface area contributed by atoms with Gasteiger partial charge in [-0.15, -0.1) is 0 Å². The van der Waals surface area contributed by atoms with Crippen molar-refractivity contribution in [1.82, 2.24) is 4.90 Å². The third kappa shape index (κ3) is 6.25. The number of para-hydroxylation sites is 1. The second-order valence-corrected chi connectivity index (χ2v) is 7.80. The molecule has 2 aromatic rings. The molecule has 0 aliphatic rings. The maximum atomic E-state index is 13.8. The first-order valence-electron chi connectivity index (χ1n) is 8.50. The lowest BCUT2D eigenvalue weighted by molar-refractivity contribution is 0.187. The maximum Gasteiger partial charge on any atom is 0.322 e. The van der Waals surface area contributed by atoms with Gasteiger partial charge in [0.25, 0.3) is 0 Å². The predicted molar refractivity (Wildman–Crippen MR) is 103 cm³/mol. The molecular weight excluding hydrogens is 371 g/mol. The van der Waals surface area contributed by atoms with Crippen molar-refractivity contribution in [3.8, 4) is 5.75 Å². The lowest BCUT2D eigenvalue weighted by Gasteiger charge is -2.29. The van der Waals surface area contributed by atoms with E-state index in [2.05, 4.69) is 5.32 Å². The Morgan fingerprint density at radius 3 is 2.56 bits per heavy atom. The van der Waals surface area contributed by atoms with E-state index in [1.54, 1.807) is 35.2 Å². The zero-order valence-electron chi connectivity index (χ0n) is 15.5. The number of nitrogens with one attached hydrogen (secondary N) is 1. The van der Waals surface area contributed by atoms with Crippen LogP contribution in [0.1, 0.15) is 25.8 Å². The van der Waals surface area contributed by atoms with Crippen molar-refractivity contribution in [1.29, 1.82) is 0 Å². The van der Waals surface area contributed by atoms with Crippen LogP contribution in [0.5, 0.6) is 5.75 Å². The van der Waals surface area contributed by atoms with Crippen LogP contribution in [0.25, 0.3) is 0 Å². The first kappa shape index (κ1) is 20.7. The van der Waals surface area contributed by atoms with Crippen molar-refractivity contribution in [3.63, 3.8) is 0 Å². The highest BCUT2D eigenvalue weighted by molar-refractivity contribution is 7.86. The van der Waals surface area contributed by atoms with Crippen molar-refractivity contribution < 1.29 is 21.8 Å². The minimum atomic E-state index is -3.64. The van der Waals surface area contributed by atoms with Crippen molar-refractivity contribution in [2.75, 3.05) is 11.6 Å². The van der Waals surface area contributed by atoms with Gasteiger partial charge in [0, 0.05) is 12.6 Å². The summed E-state index contributed by atoms with van der Waals surface area (Å²) < 4.78 is 41.3. The van der Waals surface area contributed by atoms with E-state index in [1.165, 1.54) is 18.2 Å². The minimum absolute atomic E-state index is 0.102. The summed E-state index contributed by atoms with van der Waals surface area (Å²) in [7, 11) is -3.64. The fourth-order valence-corrected chi connectivity index (χ4v) is 2.92. The van der Waals surface area contributed by atoms with Crippen LogP contribution in [-0.4, -0.2) is 31.6 Å². The third-order valence-corrected chi connectivity index (χ3v) is 4.49. The number of rotatable bonds is 7. The zero-order chi connectivity index (χ0) is 20.0. The highest BCUT2D eigenvalue weighted by Crippen LogP contribution is 2.20. The molecule has 1 N–H and O–H groups in total. The largest absolute Gasteiger partial charge is 0.383 e. The molecule has 2 amide bonds. The van der Waals surface area contributed by atoms with E-state index in [-0.39, 0.29) is 24.0 Å². The van der Waals surface area contributed by atoms with E-state index < -0.39 is 22.0 Å². The maximum absolute atomic E-state index is 13.8. The van der Waals surface area contributed by atoms with Crippen LogP contribution in [0, 0.1) is 5.82 Å². The Labute approximate surface area is 159 Å². The van der Waals surface area contributed by atoms with Crippen molar-refractivity contribution >= 4 is 21.8 Å². The summed E-state index contributed by atoms with van der Waals surface area (Å²) in [5, 5.41) is 2.58. The smallest absolute Gasteiger partial charge is 0.322 e. The van der Waals surface area contributed by atoms with E-state index in [0.29, 0.717) is 12.0 Å². The van der Waals surface area contributed by atoms with Gasteiger partial charge in [-0.1, -0.05) is 31.2 Å². The molecule has 2 rings (SSSR count). The Kier molecular flexibility index (Phi) is 6.79. The monoisotopic (exact) mass is 394 g/mol. The van der Waals surface area contributed by atoms with Crippen LogP contribution in [0.15, 0.2) is 48.5 Å². The van der Waals surface area contributed by atoms with Crippen molar-refractivity contribution in [2.24, 2.45) is 0 Å². The van der Waals surface area contributed by atoms with E-state index in [4.69, 9.17) is 4.18 Å². The van der Waals surface area contributed by atoms with E-state index in [9.17, 15) is 17.6 Å². The van der Waals surface area contributed by atoms with Gasteiger partial charge in [-0.3, -0.25) is 0 Å². The molecule has 1 atom stereocenters. The number of amides is 2. The number of benzene rings is 2. The van der Waals surface area contributed by atoms with Gasteiger partial charge >= 0.3 is 16.1 Å². The first-order chi connectivity index (χ1) is 12.7.